The fourth-order valence-corrected chi connectivity index (χ4v) is 2.50. The van der Waals surface area contributed by atoms with Crippen molar-refractivity contribution < 1.29 is 9.90 Å². The number of imidazole rings is 1. The van der Waals surface area contributed by atoms with Crippen molar-refractivity contribution in [2.45, 2.75) is 51.6 Å². The number of nitrogens with two attached hydrogens (primary N) is 1. The molecule has 0 saturated heterocycles. The van der Waals surface area contributed by atoms with E-state index in [0.717, 1.165) is 42.7 Å². The van der Waals surface area contributed by atoms with E-state index in [1.54, 1.807) is 6.92 Å². The molecule has 2 rings (SSSR count). The van der Waals surface area contributed by atoms with Crippen molar-refractivity contribution in [2.75, 3.05) is 0 Å². The highest BCUT2D eigenvalue weighted by atomic mass is 16.4. The number of aromatic nitrogens is 2. The molecule has 5 nitrogen and oxygen atoms in total. The number of carboxylic acids is 1. The Morgan fingerprint density at radius 3 is 2.81 bits per heavy atom. The normalized spacial score (nSPS) is 14.2. The van der Waals surface area contributed by atoms with Crippen LogP contribution in [0.2, 0.25) is 0 Å². The zero-order chi connectivity index (χ0) is 15.5. The molecule has 1 aromatic heterocycles. The Morgan fingerprint density at radius 1 is 1.43 bits per heavy atom. The van der Waals surface area contributed by atoms with Gasteiger partial charge in [-0.2, -0.15) is 0 Å². The predicted octanol–water partition coefficient (Wildman–Crippen LogP) is 2.57. The average molecular weight is 289 g/mol. The van der Waals surface area contributed by atoms with E-state index in [1.165, 1.54) is 0 Å². The summed E-state index contributed by atoms with van der Waals surface area (Å²) >= 11 is 0. The molecule has 0 bridgehead atoms. The number of fused-ring (bicyclic) bond motifs is 1. The van der Waals surface area contributed by atoms with E-state index in [2.05, 4.69) is 22.5 Å². The monoisotopic (exact) mass is 289 g/mol. The van der Waals surface area contributed by atoms with E-state index in [-0.39, 0.29) is 0 Å². The fourth-order valence-electron chi connectivity index (χ4n) is 2.50. The average Bonchev–Trinajstić information content (AvgIpc) is 2.77. The number of carboxylic acid groups (broad SMARTS) is 1. The van der Waals surface area contributed by atoms with Crippen molar-refractivity contribution >= 4 is 17.0 Å². The molecule has 1 heterocycles. The summed E-state index contributed by atoms with van der Waals surface area (Å²) in [6.45, 7) is 4.44. The molecular weight excluding hydrogens is 266 g/mol. The summed E-state index contributed by atoms with van der Waals surface area (Å²) < 4.78 is 2.19. The molecule has 0 aliphatic carbocycles. The van der Waals surface area contributed by atoms with Crippen molar-refractivity contribution in [2.24, 2.45) is 5.73 Å². The van der Waals surface area contributed by atoms with E-state index in [4.69, 9.17) is 10.8 Å². The zero-order valence-corrected chi connectivity index (χ0v) is 12.7. The first-order chi connectivity index (χ1) is 9.95. The van der Waals surface area contributed by atoms with Crippen LogP contribution in [0.5, 0.6) is 0 Å². The van der Waals surface area contributed by atoms with E-state index in [1.807, 2.05) is 18.2 Å². The highest BCUT2D eigenvalue weighted by molar-refractivity contribution is 5.78. The molecule has 2 aromatic rings. The van der Waals surface area contributed by atoms with Gasteiger partial charge in [-0.05, 0) is 38.3 Å². The molecule has 0 amide bonds. The van der Waals surface area contributed by atoms with Crippen LogP contribution < -0.4 is 5.73 Å². The number of aliphatic carboxylic acids is 1. The van der Waals surface area contributed by atoms with E-state index < -0.39 is 11.5 Å². The number of nitrogens with zero attached hydrogens (tertiary/aromatic N) is 2. The van der Waals surface area contributed by atoms with E-state index in [9.17, 15) is 4.79 Å². The van der Waals surface area contributed by atoms with Gasteiger partial charge >= 0.3 is 5.97 Å². The summed E-state index contributed by atoms with van der Waals surface area (Å²) in [7, 11) is 0. The third kappa shape index (κ3) is 3.42. The van der Waals surface area contributed by atoms with Gasteiger partial charge in [-0.1, -0.05) is 19.1 Å². The Morgan fingerprint density at radius 2 is 2.14 bits per heavy atom. The van der Waals surface area contributed by atoms with Crippen molar-refractivity contribution in [3.05, 3.63) is 30.1 Å². The lowest BCUT2D eigenvalue weighted by Gasteiger charge is -2.19. The molecule has 3 N–H and O–H groups in total. The van der Waals surface area contributed by atoms with Crippen LogP contribution in [0, 0.1) is 0 Å². The molecule has 21 heavy (non-hydrogen) atoms. The van der Waals surface area contributed by atoms with Gasteiger partial charge in [-0.15, -0.1) is 0 Å². The summed E-state index contributed by atoms with van der Waals surface area (Å²) in [6, 6.07) is 8.05. The van der Waals surface area contributed by atoms with Gasteiger partial charge in [0.2, 0.25) is 0 Å². The molecule has 1 aromatic carbocycles. The summed E-state index contributed by atoms with van der Waals surface area (Å²) in [6.07, 6.45) is 3.12. The van der Waals surface area contributed by atoms with E-state index >= 15 is 0 Å². The number of hydrogen-bond donors (Lipinski definition) is 2. The minimum absolute atomic E-state index is 0.445. The SMILES string of the molecule is CCCc1nc2ccccc2n1CCCC(C)(N)C(=O)O. The maximum atomic E-state index is 11.1. The van der Waals surface area contributed by atoms with Crippen LogP contribution in [-0.4, -0.2) is 26.2 Å². The smallest absolute Gasteiger partial charge is 0.323 e. The second-order valence-corrected chi connectivity index (χ2v) is 5.74. The Kier molecular flexibility index (Phi) is 4.63. The van der Waals surface area contributed by atoms with Crippen LogP contribution in [0.25, 0.3) is 11.0 Å². The minimum atomic E-state index is -1.17. The van der Waals surface area contributed by atoms with Crippen molar-refractivity contribution in [3.63, 3.8) is 0 Å². The lowest BCUT2D eigenvalue weighted by atomic mass is 9.97. The van der Waals surface area contributed by atoms with Crippen LogP contribution in [-0.2, 0) is 17.8 Å². The fraction of sp³-hybridized carbons (Fsp3) is 0.500. The first-order valence-electron chi connectivity index (χ1n) is 7.42. The lowest BCUT2D eigenvalue weighted by Crippen LogP contribution is -2.44. The summed E-state index contributed by atoms with van der Waals surface area (Å²) in [5.74, 6) is 0.111. The number of carbonyl (C=O) groups is 1. The zero-order valence-electron chi connectivity index (χ0n) is 12.7. The standard InChI is InChI=1S/C16H23N3O2/c1-3-7-14-18-12-8-4-5-9-13(12)19(14)11-6-10-16(2,17)15(20)21/h4-5,8-9H,3,6-7,10-11,17H2,1-2H3,(H,20,21). The molecule has 0 saturated carbocycles. The molecule has 0 aliphatic rings. The van der Waals surface area contributed by atoms with Crippen LogP contribution in [0.3, 0.4) is 0 Å². The molecule has 0 radical (unpaired) electrons. The van der Waals surface area contributed by atoms with Crippen LogP contribution in [0.1, 0.15) is 38.9 Å². The quantitative estimate of drug-likeness (QED) is 0.821. The third-order valence-corrected chi connectivity index (χ3v) is 3.77. The Balaban J connectivity index is 2.17. The van der Waals surface area contributed by atoms with Gasteiger partial charge < -0.3 is 15.4 Å². The summed E-state index contributed by atoms with van der Waals surface area (Å²) in [4.78, 5) is 15.7. The number of hydrogen-bond acceptors (Lipinski definition) is 3. The van der Waals surface area contributed by atoms with Gasteiger partial charge in [0.15, 0.2) is 0 Å². The first kappa shape index (κ1) is 15.5. The Hall–Kier alpha value is -1.88. The maximum absolute atomic E-state index is 11.1. The Bertz CT molecular complexity index is 631. The van der Waals surface area contributed by atoms with Crippen molar-refractivity contribution in [1.82, 2.24) is 9.55 Å². The Labute approximate surface area is 124 Å². The van der Waals surface area contributed by atoms with Gasteiger partial charge in [0.25, 0.3) is 0 Å². The van der Waals surface area contributed by atoms with Crippen molar-refractivity contribution in [1.29, 1.82) is 0 Å². The number of rotatable bonds is 7. The van der Waals surface area contributed by atoms with Gasteiger partial charge in [0.05, 0.1) is 11.0 Å². The molecule has 114 valence electrons. The van der Waals surface area contributed by atoms with Crippen molar-refractivity contribution in [3.8, 4) is 0 Å². The molecule has 0 fully saturated rings. The summed E-state index contributed by atoms with van der Waals surface area (Å²) in [5, 5.41) is 9.06. The molecule has 1 atom stereocenters. The van der Waals surface area contributed by atoms with Gasteiger partial charge in [-0.25, -0.2) is 4.98 Å². The second-order valence-electron chi connectivity index (χ2n) is 5.74. The topological polar surface area (TPSA) is 81.1 Å². The maximum Gasteiger partial charge on any atom is 0.323 e. The highest BCUT2D eigenvalue weighted by Crippen LogP contribution is 2.19. The molecule has 0 spiro atoms. The number of benzene rings is 1. The molecular formula is C16H23N3O2. The minimum Gasteiger partial charge on any atom is -0.480 e. The van der Waals surface area contributed by atoms with Gasteiger partial charge in [0.1, 0.15) is 11.4 Å². The van der Waals surface area contributed by atoms with Gasteiger partial charge in [0, 0.05) is 13.0 Å². The predicted molar refractivity (Wildman–Crippen MR) is 83.2 cm³/mol. The van der Waals surface area contributed by atoms with Crippen LogP contribution >= 0.6 is 0 Å². The lowest BCUT2D eigenvalue weighted by molar-refractivity contribution is -0.142. The van der Waals surface area contributed by atoms with E-state index in [0.29, 0.717) is 6.42 Å². The van der Waals surface area contributed by atoms with Crippen LogP contribution in [0.15, 0.2) is 24.3 Å². The first-order valence-corrected chi connectivity index (χ1v) is 7.42. The van der Waals surface area contributed by atoms with Gasteiger partial charge in [-0.3, -0.25) is 4.79 Å². The second kappa shape index (κ2) is 6.26. The largest absolute Gasteiger partial charge is 0.480 e. The third-order valence-electron chi connectivity index (χ3n) is 3.77. The number of para-hydroxylation sites is 2. The highest BCUT2D eigenvalue weighted by Gasteiger charge is 2.27. The number of aryl methyl sites for hydroxylation is 2. The summed E-state index contributed by atoms with van der Waals surface area (Å²) in [5.41, 5.74) is 6.72. The van der Waals surface area contributed by atoms with Crippen LogP contribution in [0.4, 0.5) is 0 Å². The molecule has 1 unspecified atom stereocenters. The molecule has 0 aliphatic heterocycles. The molecule has 5 heteroatoms.